The summed E-state index contributed by atoms with van der Waals surface area (Å²) < 4.78 is 123. The van der Waals surface area contributed by atoms with Gasteiger partial charge in [0.05, 0.1) is 14.2 Å². The van der Waals surface area contributed by atoms with Crippen LogP contribution in [-0.2, 0) is 52.5 Å². The molecule has 0 saturated carbocycles. The van der Waals surface area contributed by atoms with Gasteiger partial charge in [-0.3, -0.25) is 5.32 Å². The molecule has 26 heteroatoms. The molecule has 2 amide bonds. The summed E-state index contributed by atoms with van der Waals surface area (Å²) in [6.45, 7) is 6.73. The van der Waals surface area contributed by atoms with Gasteiger partial charge in [0.25, 0.3) is 6.08 Å². The standard InChI is InChI=1S/C14H15F3N4O4S2.C8H6F3NO3S2.C6H9N3O/c1-4-9-11(8(6-26-9)14(15,16)17)25-27(23)21-13(22)20-12-18-7(2)5-10(19-12)24-3;1-2-6-7(15-17(14)12-4-13)5(3-16-6)8(9,10)11;1-4-3-5(10-2)9-6(7)8-4/h5-6H,4H2,1-3H3,(H2,18,19,20,21,22);3H,2H2,1H3;3H,1-2H3,(H2,7,8,9). The molecule has 4 aromatic heterocycles. The van der Waals surface area contributed by atoms with Crippen LogP contribution in [0.5, 0.6) is 23.3 Å². The summed E-state index contributed by atoms with van der Waals surface area (Å²) in [5.41, 5.74) is 4.57. The Bertz CT molecular complexity index is 1970. The predicted molar refractivity (Wildman–Crippen MR) is 186 cm³/mol. The molecule has 0 aliphatic rings. The van der Waals surface area contributed by atoms with Crippen LogP contribution in [0.1, 0.15) is 46.1 Å². The van der Waals surface area contributed by atoms with E-state index < -0.39 is 63.5 Å². The Morgan fingerprint density at radius 2 is 1.33 bits per heavy atom. The second kappa shape index (κ2) is 20.5. The van der Waals surface area contributed by atoms with Crippen LogP contribution in [0.3, 0.4) is 0 Å². The Labute approximate surface area is 316 Å². The van der Waals surface area contributed by atoms with Crippen molar-refractivity contribution in [2.24, 2.45) is 4.40 Å². The van der Waals surface area contributed by atoms with E-state index in [9.17, 15) is 44.3 Å². The first kappa shape index (κ1) is 45.2. The highest BCUT2D eigenvalue weighted by molar-refractivity contribution is 7.79. The lowest BCUT2D eigenvalue weighted by atomic mass is 10.2. The second-order valence-corrected chi connectivity index (χ2v) is 13.2. The van der Waals surface area contributed by atoms with Crippen molar-refractivity contribution in [2.45, 2.75) is 52.9 Å². The minimum absolute atomic E-state index is 0.137. The predicted octanol–water partition coefficient (Wildman–Crippen LogP) is 6.21. The summed E-state index contributed by atoms with van der Waals surface area (Å²) >= 11 is -3.39. The van der Waals surface area contributed by atoms with Crippen LogP contribution in [0.4, 0.5) is 43.0 Å². The highest BCUT2D eigenvalue weighted by Crippen LogP contribution is 2.43. The maximum absolute atomic E-state index is 13.0. The van der Waals surface area contributed by atoms with Gasteiger partial charge in [-0.2, -0.15) is 44.7 Å². The summed E-state index contributed by atoms with van der Waals surface area (Å²) in [5.74, 6) is -0.302. The molecule has 4 heterocycles. The number of hydrogen-bond acceptors (Lipinski definition) is 15. The molecule has 0 fully saturated rings. The molecule has 4 N–H and O–H groups in total. The van der Waals surface area contributed by atoms with Crippen LogP contribution in [0, 0.1) is 13.8 Å². The number of nitrogens with two attached hydrogens (primary N) is 1. The third-order valence-corrected chi connectivity index (χ3v) is 9.24. The Balaban J connectivity index is 0.000000316. The lowest BCUT2D eigenvalue weighted by molar-refractivity contribution is -0.138. The normalized spacial score (nSPS) is 12.0. The van der Waals surface area contributed by atoms with Gasteiger partial charge in [0.2, 0.25) is 23.7 Å². The molecule has 4 aromatic rings. The van der Waals surface area contributed by atoms with Crippen LogP contribution in [0.15, 0.2) is 27.3 Å². The first-order valence-electron chi connectivity index (χ1n) is 14.5. The lowest BCUT2D eigenvalue weighted by Gasteiger charge is -2.11. The number of nitrogen functional groups attached to an aromatic ring is 1. The number of ether oxygens (including phenoxy) is 2. The summed E-state index contributed by atoms with van der Waals surface area (Å²) in [6.07, 6.45) is -7.79. The largest absolute Gasteiger partial charge is 0.481 e. The van der Waals surface area contributed by atoms with E-state index in [0.29, 0.717) is 11.6 Å². The number of amides is 2. The van der Waals surface area contributed by atoms with Crippen molar-refractivity contribution >= 4 is 69.2 Å². The molecule has 4 rings (SSSR count). The van der Waals surface area contributed by atoms with E-state index in [-0.39, 0.29) is 40.4 Å². The van der Waals surface area contributed by atoms with Gasteiger partial charge in [-0.05, 0) is 26.7 Å². The zero-order valence-corrected chi connectivity index (χ0v) is 32.0. The third-order valence-electron chi connectivity index (χ3n) is 5.81. The van der Waals surface area contributed by atoms with Gasteiger partial charge < -0.3 is 23.6 Å². The summed E-state index contributed by atoms with van der Waals surface area (Å²) in [7, 11) is 2.92. The summed E-state index contributed by atoms with van der Waals surface area (Å²) in [6, 6.07) is 2.21. The number of nitrogens with zero attached hydrogens (tertiary/aromatic N) is 5. The van der Waals surface area contributed by atoms with Gasteiger partial charge in [-0.1, -0.05) is 18.2 Å². The Hall–Kier alpha value is -4.91. The van der Waals surface area contributed by atoms with Crippen molar-refractivity contribution < 1.29 is 62.2 Å². The lowest BCUT2D eigenvalue weighted by Crippen LogP contribution is -2.33. The van der Waals surface area contributed by atoms with Crippen LogP contribution in [0.25, 0.3) is 0 Å². The topological polar surface area (TPSA) is 219 Å². The van der Waals surface area contributed by atoms with Crippen LogP contribution in [0.2, 0.25) is 0 Å². The van der Waals surface area contributed by atoms with Crippen molar-refractivity contribution in [3.05, 3.63) is 55.2 Å². The van der Waals surface area contributed by atoms with Crippen molar-refractivity contribution in [3.63, 3.8) is 0 Å². The van der Waals surface area contributed by atoms with Crippen LogP contribution < -0.4 is 33.6 Å². The van der Waals surface area contributed by atoms with Crippen molar-refractivity contribution in [3.8, 4) is 23.3 Å². The molecule has 0 aliphatic heterocycles. The molecule has 0 bridgehead atoms. The van der Waals surface area contributed by atoms with Gasteiger partial charge in [0, 0.05) is 44.0 Å². The molecule has 296 valence electrons. The van der Waals surface area contributed by atoms with Crippen LogP contribution >= 0.6 is 22.7 Å². The second-order valence-electron chi connectivity index (χ2n) is 9.65. The van der Waals surface area contributed by atoms with Gasteiger partial charge in [0.1, 0.15) is 11.1 Å². The van der Waals surface area contributed by atoms with Gasteiger partial charge >= 0.3 is 40.9 Å². The number of methoxy groups -OCH3 is 2. The molecule has 2 atom stereocenters. The monoisotopic (exact) mass is 848 g/mol. The zero-order valence-electron chi connectivity index (χ0n) is 28.7. The SMILES string of the molecule is CCc1scc(C(F)(F)F)c1OS(=O)N=C=O.CCc1scc(C(F)(F)F)c1OS(=O)NC(=O)Nc1nc(C)cc(OC)n1.COc1cc(C)nc(N)n1. The fourth-order valence-corrected chi connectivity index (χ4v) is 6.60. The van der Waals surface area contributed by atoms with Gasteiger partial charge in [0.15, 0.2) is 11.5 Å². The first-order valence-corrected chi connectivity index (χ1v) is 18.4. The van der Waals surface area contributed by atoms with Crippen LogP contribution in [-0.4, -0.2) is 54.7 Å². The molecule has 2 unspecified atom stereocenters. The number of halogens is 6. The van der Waals surface area contributed by atoms with Gasteiger partial charge in [-0.15, -0.1) is 22.7 Å². The number of aryl methyl sites for hydroxylation is 4. The number of urea groups is 1. The molecule has 0 aliphatic carbocycles. The van der Waals surface area contributed by atoms with Crippen molar-refractivity contribution in [1.82, 2.24) is 24.7 Å². The average molecular weight is 849 g/mol. The number of carbonyl (C=O) groups excluding carboxylic acids is 2. The molecule has 0 saturated heterocycles. The number of rotatable bonds is 11. The van der Waals surface area contributed by atoms with Crippen molar-refractivity contribution in [2.75, 3.05) is 25.3 Å². The average Bonchev–Trinajstić information content (AvgIpc) is 3.68. The smallest absolute Gasteiger partial charge is 0.420 e. The highest BCUT2D eigenvalue weighted by Gasteiger charge is 2.38. The fourth-order valence-electron chi connectivity index (χ4n) is 3.62. The maximum Gasteiger partial charge on any atom is 0.420 e. The van der Waals surface area contributed by atoms with E-state index in [1.54, 1.807) is 33.9 Å². The Morgan fingerprint density at radius 1 is 0.852 bits per heavy atom. The first-order chi connectivity index (χ1) is 25.2. The molecule has 54 heavy (non-hydrogen) atoms. The third kappa shape index (κ3) is 14.1. The molecule has 0 aromatic carbocycles. The number of thiophene rings is 2. The molecular formula is C28H30F6N8O8S4. The summed E-state index contributed by atoms with van der Waals surface area (Å²) in [4.78, 5) is 37.6. The van der Waals surface area contributed by atoms with E-state index in [1.807, 2.05) is 11.6 Å². The number of aromatic nitrogens is 4. The number of alkyl halides is 6. The van der Waals surface area contributed by atoms with Crippen molar-refractivity contribution in [1.29, 1.82) is 0 Å². The van der Waals surface area contributed by atoms with E-state index in [0.717, 1.165) is 45.2 Å². The van der Waals surface area contributed by atoms with E-state index in [1.165, 1.54) is 13.2 Å². The highest BCUT2D eigenvalue weighted by atomic mass is 32.2. The number of nitrogens with one attached hydrogen (secondary N) is 2. The molecular weight excluding hydrogens is 819 g/mol. The zero-order chi connectivity index (χ0) is 40.8. The Morgan fingerprint density at radius 3 is 1.78 bits per heavy atom. The van der Waals surface area contributed by atoms with Gasteiger partial charge in [-0.25, -0.2) is 24.3 Å². The minimum atomic E-state index is -4.67. The molecule has 16 nitrogen and oxygen atoms in total. The number of isocyanates is 1. The quantitative estimate of drug-likeness (QED) is 0.0869. The van der Waals surface area contributed by atoms with E-state index >= 15 is 0 Å². The fraction of sp³-hybridized carbons (Fsp3) is 0.357. The number of carbonyl (C=O) groups is 1. The van der Waals surface area contributed by atoms with E-state index in [2.05, 4.69) is 33.8 Å². The minimum Gasteiger partial charge on any atom is -0.481 e. The Kier molecular flexibility index (Phi) is 17.2. The number of anilines is 2. The summed E-state index contributed by atoms with van der Waals surface area (Å²) in [5, 5.41) is 3.94. The number of hydrogen-bond donors (Lipinski definition) is 3. The molecule has 0 radical (unpaired) electrons. The molecule has 0 spiro atoms. The van der Waals surface area contributed by atoms with E-state index in [4.69, 9.17) is 19.4 Å². The maximum atomic E-state index is 13.0.